The second-order valence-electron chi connectivity index (χ2n) is 2.89. The highest BCUT2D eigenvalue weighted by molar-refractivity contribution is 5.81. The minimum atomic E-state index is -0.735. The zero-order valence-corrected chi connectivity index (χ0v) is 7.38. The van der Waals surface area contributed by atoms with E-state index in [2.05, 4.69) is 5.10 Å². The highest BCUT2D eigenvalue weighted by Crippen LogP contribution is 2.22. The maximum atomic E-state index is 13.5. The summed E-state index contributed by atoms with van der Waals surface area (Å²) >= 11 is 0. The largest absolute Gasteiger partial charge is 0.268 e. The van der Waals surface area contributed by atoms with Gasteiger partial charge in [-0.2, -0.15) is 5.10 Å². The second-order valence-corrected chi connectivity index (χ2v) is 2.89. The number of hydrogen-bond acceptors (Lipinski definition) is 1. The van der Waals surface area contributed by atoms with Crippen LogP contribution in [0, 0.1) is 24.0 Å². The molecule has 1 aromatic carbocycles. The lowest BCUT2D eigenvalue weighted by Gasteiger charge is -1.99. The molecule has 0 aliphatic carbocycles. The second kappa shape index (κ2) is 2.81. The van der Waals surface area contributed by atoms with Crippen LogP contribution in [0.15, 0.2) is 12.3 Å². The normalized spacial score (nSPS) is 10.4. The van der Waals surface area contributed by atoms with Crippen LogP contribution >= 0.6 is 0 Å². The first kappa shape index (κ1) is 8.70. The number of aromatic nitrogens is 2. The molecule has 4 heteroatoms. The number of terminal acetylenes is 1. The number of halogens is 2. The maximum Gasteiger partial charge on any atom is 0.152 e. The lowest BCUT2D eigenvalue weighted by molar-refractivity contribution is 0.585. The van der Waals surface area contributed by atoms with Gasteiger partial charge in [0.25, 0.3) is 0 Å². The minimum absolute atomic E-state index is 0.238. The molecule has 0 bridgehead atoms. The molecular weight excluding hydrogens is 186 g/mol. The average molecular weight is 192 g/mol. The molecule has 0 spiro atoms. The molecule has 2 aromatic rings. The lowest BCUT2D eigenvalue weighted by atomic mass is 10.1. The first-order valence-electron chi connectivity index (χ1n) is 3.91. The van der Waals surface area contributed by atoms with Crippen LogP contribution in [-0.2, 0) is 7.05 Å². The summed E-state index contributed by atoms with van der Waals surface area (Å²) in [6.45, 7) is 0. The Labute approximate surface area is 79.1 Å². The van der Waals surface area contributed by atoms with Crippen LogP contribution in [-0.4, -0.2) is 9.78 Å². The Morgan fingerprint density at radius 3 is 2.86 bits per heavy atom. The van der Waals surface area contributed by atoms with Crippen LogP contribution < -0.4 is 0 Å². The Morgan fingerprint density at radius 2 is 2.21 bits per heavy atom. The van der Waals surface area contributed by atoms with E-state index < -0.39 is 11.6 Å². The van der Waals surface area contributed by atoms with Crippen molar-refractivity contribution in [1.82, 2.24) is 9.78 Å². The van der Waals surface area contributed by atoms with Gasteiger partial charge in [-0.05, 0) is 0 Å². The molecule has 14 heavy (non-hydrogen) atoms. The van der Waals surface area contributed by atoms with Crippen LogP contribution in [0.4, 0.5) is 8.78 Å². The molecule has 1 heterocycles. The highest BCUT2D eigenvalue weighted by atomic mass is 19.1. The minimum Gasteiger partial charge on any atom is -0.268 e. The van der Waals surface area contributed by atoms with Crippen LogP contribution in [0.3, 0.4) is 0 Å². The molecule has 0 N–H and O–H groups in total. The van der Waals surface area contributed by atoms with Gasteiger partial charge in [0.1, 0.15) is 5.82 Å². The third-order valence-electron chi connectivity index (χ3n) is 2.09. The quantitative estimate of drug-likeness (QED) is 0.582. The van der Waals surface area contributed by atoms with Crippen molar-refractivity contribution in [2.45, 2.75) is 0 Å². The van der Waals surface area contributed by atoms with Crippen molar-refractivity contribution in [1.29, 1.82) is 0 Å². The highest BCUT2D eigenvalue weighted by Gasteiger charge is 2.14. The fourth-order valence-corrected chi connectivity index (χ4v) is 1.35. The number of hydrogen-bond donors (Lipinski definition) is 0. The van der Waals surface area contributed by atoms with Crippen LogP contribution in [0.1, 0.15) is 5.56 Å². The number of aryl methyl sites for hydroxylation is 1. The molecule has 0 radical (unpaired) electrons. The van der Waals surface area contributed by atoms with Gasteiger partial charge in [-0.1, -0.05) is 5.92 Å². The van der Waals surface area contributed by atoms with Crippen molar-refractivity contribution in [3.8, 4) is 12.3 Å². The SMILES string of the molecule is C#Cc1c(F)cc2c(cnn2C)c1F. The molecule has 0 aliphatic rings. The van der Waals surface area contributed by atoms with Gasteiger partial charge >= 0.3 is 0 Å². The summed E-state index contributed by atoms with van der Waals surface area (Å²) in [6.07, 6.45) is 6.32. The zero-order chi connectivity index (χ0) is 10.3. The van der Waals surface area contributed by atoms with E-state index in [1.807, 2.05) is 5.92 Å². The fraction of sp³-hybridized carbons (Fsp3) is 0.100. The van der Waals surface area contributed by atoms with E-state index in [1.165, 1.54) is 16.9 Å². The Hall–Kier alpha value is -1.89. The van der Waals surface area contributed by atoms with Crippen molar-refractivity contribution < 1.29 is 8.78 Å². The van der Waals surface area contributed by atoms with Crippen molar-refractivity contribution >= 4 is 10.9 Å². The topological polar surface area (TPSA) is 17.8 Å². The molecule has 70 valence electrons. The molecule has 0 saturated heterocycles. The molecule has 2 rings (SSSR count). The van der Waals surface area contributed by atoms with Crippen LogP contribution in [0.25, 0.3) is 10.9 Å². The Bertz CT molecular complexity index is 549. The summed E-state index contributed by atoms with van der Waals surface area (Å²) in [6, 6.07) is 1.18. The smallest absolute Gasteiger partial charge is 0.152 e. The molecule has 0 amide bonds. The average Bonchev–Trinajstić information content (AvgIpc) is 2.49. The number of benzene rings is 1. The Kier molecular flexibility index (Phi) is 1.74. The maximum absolute atomic E-state index is 13.5. The van der Waals surface area contributed by atoms with E-state index in [-0.39, 0.29) is 10.9 Å². The molecule has 0 aliphatic heterocycles. The molecule has 0 atom stereocenters. The third-order valence-corrected chi connectivity index (χ3v) is 2.09. The summed E-state index contributed by atoms with van der Waals surface area (Å²) in [7, 11) is 1.61. The standard InChI is InChI=1S/C10H6F2N2/c1-3-6-8(11)4-9-7(10(6)12)5-13-14(9)2/h1,4-5H,2H3. The van der Waals surface area contributed by atoms with Crippen molar-refractivity contribution in [3.63, 3.8) is 0 Å². The molecule has 0 fully saturated rings. The molecule has 2 nitrogen and oxygen atoms in total. The third kappa shape index (κ3) is 0.990. The number of nitrogens with zero attached hydrogens (tertiary/aromatic N) is 2. The monoisotopic (exact) mass is 192 g/mol. The van der Waals surface area contributed by atoms with E-state index in [0.717, 1.165) is 0 Å². The van der Waals surface area contributed by atoms with Crippen molar-refractivity contribution in [2.75, 3.05) is 0 Å². The van der Waals surface area contributed by atoms with Gasteiger partial charge in [0.15, 0.2) is 5.82 Å². The summed E-state index contributed by atoms with van der Waals surface area (Å²) in [5.41, 5.74) is 0.0458. The fourth-order valence-electron chi connectivity index (χ4n) is 1.35. The number of fused-ring (bicyclic) bond motifs is 1. The van der Waals surface area contributed by atoms with E-state index in [9.17, 15) is 8.78 Å². The summed E-state index contributed by atoms with van der Waals surface area (Å²) in [5, 5.41) is 4.05. The van der Waals surface area contributed by atoms with Gasteiger partial charge < -0.3 is 0 Å². The molecule has 0 unspecified atom stereocenters. The van der Waals surface area contributed by atoms with Crippen molar-refractivity contribution in [2.24, 2.45) is 7.05 Å². The first-order valence-corrected chi connectivity index (χ1v) is 3.91. The van der Waals surface area contributed by atoms with E-state index >= 15 is 0 Å². The van der Waals surface area contributed by atoms with Gasteiger partial charge in [-0.15, -0.1) is 6.42 Å². The lowest BCUT2D eigenvalue weighted by Crippen LogP contribution is -1.94. The van der Waals surface area contributed by atoms with Gasteiger partial charge in [-0.3, -0.25) is 4.68 Å². The molecule has 1 aromatic heterocycles. The molecule has 0 saturated carbocycles. The van der Waals surface area contributed by atoms with E-state index in [0.29, 0.717) is 5.52 Å². The summed E-state index contributed by atoms with van der Waals surface area (Å²) < 4.78 is 28.1. The van der Waals surface area contributed by atoms with Gasteiger partial charge in [0.2, 0.25) is 0 Å². The zero-order valence-electron chi connectivity index (χ0n) is 7.38. The van der Waals surface area contributed by atoms with E-state index in [4.69, 9.17) is 6.42 Å². The van der Waals surface area contributed by atoms with Crippen LogP contribution in [0.5, 0.6) is 0 Å². The van der Waals surface area contributed by atoms with Crippen molar-refractivity contribution in [3.05, 3.63) is 29.5 Å². The summed E-state index contributed by atoms with van der Waals surface area (Å²) in [4.78, 5) is 0. The Morgan fingerprint density at radius 1 is 1.50 bits per heavy atom. The molecular formula is C10H6F2N2. The van der Waals surface area contributed by atoms with E-state index in [1.54, 1.807) is 7.05 Å². The number of rotatable bonds is 0. The first-order chi connectivity index (χ1) is 6.65. The predicted octanol–water partition coefficient (Wildman–Crippen LogP) is 1.83. The summed E-state index contributed by atoms with van der Waals surface area (Å²) in [5.74, 6) is 0.517. The van der Waals surface area contributed by atoms with Gasteiger partial charge in [-0.25, -0.2) is 8.78 Å². The van der Waals surface area contributed by atoms with Gasteiger partial charge in [0.05, 0.1) is 22.7 Å². The van der Waals surface area contributed by atoms with Crippen LogP contribution in [0.2, 0.25) is 0 Å². The predicted molar refractivity (Wildman–Crippen MR) is 48.6 cm³/mol. The van der Waals surface area contributed by atoms with Gasteiger partial charge in [0, 0.05) is 13.1 Å². The Balaban J connectivity index is 2.96.